The second-order valence-corrected chi connectivity index (χ2v) is 11.7. The third-order valence-electron chi connectivity index (χ3n) is 6.68. The maximum atomic E-state index is 11.5. The normalized spacial score (nSPS) is 13.3. The number of aromatic hydroxyl groups is 1. The van der Waals surface area contributed by atoms with Crippen LogP contribution in [0.15, 0.2) is 36.4 Å². The molecule has 33 heavy (non-hydrogen) atoms. The minimum absolute atomic E-state index is 0.0980. The van der Waals surface area contributed by atoms with Gasteiger partial charge in [-0.1, -0.05) is 123 Å². The Kier molecular flexibility index (Phi) is 10.0. The summed E-state index contributed by atoms with van der Waals surface area (Å²) in [5.74, 6) is 0.762. The number of benzene rings is 2. The highest BCUT2D eigenvalue weighted by molar-refractivity contribution is 5.54. The van der Waals surface area contributed by atoms with Gasteiger partial charge in [-0.25, -0.2) is 0 Å². The van der Waals surface area contributed by atoms with Crippen molar-refractivity contribution in [3.8, 4) is 5.75 Å². The van der Waals surface area contributed by atoms with Crippen LogP contribution in [0, 0.1) is 0 Å². The lowest BCUT2D eigenvalue weighted by Crippen LogP contribution is -2.21. The van der Waals surface area contributed by atoms with Gasteiger partial charge in [-0.05, 0) is 39.5 Å². The molecular weight excluding hydrogens is 404 g/mol. The van der Waals surface area contributed by atoms with Gasteiger partial charge in [0, 0.05) is 18.6 Å². The van der Waals surface area contributed by atoms with Gasteiger partial charge in [0.05, 0.1) is 6.61 Å². The van der Waals surface area contributed by atoms with Crippen LogP contribution >= 0.6 is 0 Å². The summed E-state index contributed by atoms with van der Waals surface area (Å²) in [7, 11) is 1.74. The number of phenols is 1. The fourth-order valence-corrected chi connectivity index (χ4v) is 4.93. The van der Waals surface area contributed by atoms with Gasteiger partial charge in [-0.15, -0.1) is 0 Å². The summed E-state index contributed by atoms with van der Waals surface area (Å²) in [6.45, 7) is 16.1. The summed E-state index contributed by atoms with van der Waals surface area (Å²) in [4.78, 5) is 0. The molecule has 1 unspecified atom stereocenters. The van der Waals surface area contributed by atoms with Gasteiger partial charge in [-0.3, -0.25) is 0 Å². The molecule has 0 saturated heterocycles. The highest BCUT2D eigenvalue weighted by Gasteiger charge is 2.31. The predicted octanol–water partition coefficient (Wildman–Crippen LogP) is 9.02. The number of phenolic OH excluding ortho intramolecular Hbond substituents is 1. The highest BCUT2D eigenvalue weighted by atomic mass is 16.5. The molecule has 0 aromatic heterocycles. The SMILES string of the molecule is CCCCCCCCC(c1ccc(COC)cc1)c1ccc(C(C)(C)C)c(O)c1C(C)(C)C. The largest absolute Gasteiger partial charge is 0.507 e. The van der Waals surface area contributed by atoms with Gasteiger partial charge in [0.25, 0.3) is 0 Å². The molecule has 0 spiro atoms. The third kappa shape index (κ3) is 7.60. The van der Waals surface area contributed by atoms with Crippen molar-refractivity contribution in [3.63, 3.8) is 0 Å². The van der Waals surface area contributed by atoms with E-state index in [1.807, 2.05) is 0 Å². The minimum Gasteiger partial charge on any atom is -0.507 e. The van der Waals surface area contributed by atoms with E-state index in [0.717, 1.165) is 17.5 Å². The van der Waals surface area contributed by atoms with Gasteiger partial charge in [0.15, 0.2) is 0 Å². The van der Waals surface area contributed by atoms with E-state index < -0.39 is 0 Å². The van der Waals surface area contributed by atoms with Gasteiger partial charge in [-0.2, -0.15) is 0 Å². The molecule has 1 atom stereocenters. The summed E-state index contributed by atoms with van der Waals surface area (Å²) >= 11 is 0. The molecule has 2 rings (SSSR count). The maximum absolute atomic E-state index is 11.5. The first-order valence-corrected chi connectivity index (χ1v) is 12.9. The topological polar surface area (TPSA) is 29.5 Å². The Labute approximate surface area is 203 Å². The average Bonchev–Trinajstić information content (AvgIpc) is 2.72. The van der Waals surface area contributed by atoms with Gasteiger partial charge in [0.2, 0.25) is 0 Å². The lowest BCUT2D eigenvalue weighted by Gasteiger charge is -2.32. The van der Waals surface area contributed by atoms with Crippen LogP contribution in [0.3, 0.4) is 0 Å². The number of ether oxygens (including phenoxy) is 1. The van der Waals surface area contributed by atoms with Crippen LogP contribution in [0.25, 0.3) is 0 Å². The van der Waals surface area contributed by atoms with Crippen molar-refractivity contribution in [3.05, 3.63) is 64.2 Å². The van der Waals surface area contributed by atoms with Crippen molar-refractivity contribution in [2.24, 2.45) is 0 Å². The number of hydrogen-bond donors (Lipinski definition) is 1. The Hall–Kier alpha value is -1.80. The van der Waals surface area contributed by atoms with Crippen molar-refractivity contribution < 1.29 is 9.84 Å². The average molecular weight is 453 g/mol. The zero-order valence-electron chi connectivity index (χ0n) is 22.6. The Morgan fingerprint density at radius 2 is 1.39 bits per heavy atom. The fourth-order valence-electron chi connectivity index (χ4n) is 4.93. The first kappa shape index (κ1) is 27.4. The quantitative estimate of drug-likeness (QED) is 0.345. The Morgan fingerprint density at radius 3 is 1.94 bits per heavy atom. The number of hydrogen-bond acceptors (Lipinski definition) is 2. The number of methoxy groups -OCH3 is 1. The molecule has 0 amide bonds. The monoisotopic (exact) mass is 452 g/mol. The van der Waals surface area contributed by atoms with E-state index in [0.29, 0.717) is 12.4 Å². The summed E-state index contributed by atoms with van der Waals surface area (Å²) in [5.41, 5.74) is 5.70. The second-order valence-electron chi connectivity index (χ2n) is 11.7. The van der Waals surface area contributed by atoms with Crippen molar-refractivity contribution in [2.45, 2.75) is 117 Å². The van der Waals surface area contributed by atoms with E-state index in [9.17, 15) is 5.11 Å². The van der Waals surface area contributed by atoms with Crippen LogP contribution < -0.4 is 0 Å². The second kappa shape index (κ2) is 12.1. The standard InChI is InChI=1S/C31H48O2/c1-9-10-11-12-13-14-15-25(24-18-16-23(17-19-24)22-33-8)26-20-21-27(30(2,3)4)29(32)28(26)31(5,6)7/h16-21,25,32H,9-15,22H2,1-8H3. The maximum Gasteiger partial charge on any atom is 0.123 e. The molecule has 2 nitrogen and oxygen atoms in total. The van der Waals surface area contributed by atoms with Gasteiger partial charge in [0.1, 0.15) is 5.75 Å². The predicted molar refractivity (Wildman–Crippen MR) is 142 cm³/mol. The molecule has 0 aliphatic heterocycles. The fraction of sp³-hybridized carbons (Fsp3) is 0.613. The smallest absolute Gasteiger partial charge is 0.123 e. The zero-order chi connectivity index (χ0) is 24.6. The molecule has 2 heteroatoms. The number of rotatable bonds is 11. The van der Waals surface area contributed by atoms with Crippen LogP contribution in [-0.2, 0) is 22.2 Å². The van der Waals surface area contributed by atoms with Crippen molar-refractivity contribution in [2.75, 3.05) is 7.11 Å². The van der Waals surface area contributed by atoms with Gasteiger partial charge >= 0.3 is 0 Å². The van der Waals surface area contributed by atoms with Crippen LogP contribution in [0.4, 0.5) is 0 Å². The van der Waals surface area contributed by atoms with E-state index in [4.69, 9.17) is 4.74 Å². The molecule has 0 heterocycles. The summed E-state index contributed by atoms with van der Waals surface area (Å²) in [6.07, 6.45) is 8.85. The summed E-state index contributed by atoms with van der Waals surface area (Å²) < 4.78 is 5.32. The molecule has 184 valence electrons. The molecule has 0 aliphatic carbocycles. The van der Waals surface area contributed by atoms with E-state index in [1.165, 1.54) is 55.2 Å². The van der Waals surface area contributed by atoms with E-state index in [-0.39, 0.29) is 16.7 Å². The Balaban J connectivity index is 2.49. The number of unbranched alkanes of at least 4 members (excludes halogenated alkanes) is 5. The Bertz CT molecular complexity index is 850. The molecule has 0 fully saturated rings. The Morgan fingerprint density at radius 1 is 0.788 bits per heavy atom. The highest BCUT2D eigenvalue weighted by Crippen LogP contribution is 2.45. The molecule has 0 aliphatic rings. The lowest BCUT2D eigenvalue weighted by molar-refractivity contribution is 0.185. The van der Waals surface area contributed by atoms with E-state index >= 15 is 0 Å². The molecular formula is C31H48O2. The van der Waals surface area contributed by atoms with E-state index in [1.54, 1.807) is 7.11 Å². The van der Waals surface area contributed by atoms with Crippen LogP contribution in [0.5, 0.6) is 5.75 Å². The molecule has 0 saturated carbocycles. The van der Waals surface area contributed by atoms with Gasteiger partial charge < -0.3 is 9.84 Å². The molecule has 0 radical (unpaired) electrons. The molecule has 2 aromatic rings. The summed E-state index contributed by atoms with van der Waals surface area (Å²) in [5, 5.41) is 11.5. The van der Waals surface area contributed by atoms with Crippen molar-refractivity contribution in [1.29, 1.82) is 0 Å². The first-order valence-electron chi connectivity index (χ1n) is 12.9. The zero-order valence-corrected chi connectivity index (χ0v) is 22.6. The molecule has 1 N–H and O–H groups in total. The molecule has 0 bridgehead atoms. The van der Waals surface area contributed by atoms with Crippen LogP contribution in [0.2, 0.25) is 0 Å². The lowest BCUT2D eigenvalue weighted by atomic mass is 9.73. The molecule has 2 aromatic carbocycles. The van der Waals surface area contributed by atoms with E-state index in [2.05, 4.69) is 84.9 Å². The van der Waals surface area contributed by atoms with Crippen molar-refractivity contribution in [1.82, 2.24) is 0 Å². The van der Waals surface area contributed by atoms with Crippen LogP contribution in [-0.4, -0.2) is 12.2 Å². The van der Waals surface area contributed by atoms with Crippen LogP contribution in [0.1, 0.15) is 127 Å². The van der Waals surface area contributed by atoms with Crippen molar-refractivity contribution >= 4 is 0 Å². The first-order chi connectivity index (χ1) is 15.5. The minimum atomic E-state index is -0.143. The third-order valence-corrected chi connectivity index (χ3v) is 6.68. The summed E-state index contributed by atoms with van der Waals surface area (Å²) in [6, 6.07) is 13.4.